The first kappa shape index (κ1) is 17.2. The van der Waals surface area contributed by atoms with Gasteiger partial charge in [-0.2, -0.15) is 18.3 Å². The van der Waals surface area contributed by atoms with Gasteiger partial charge in [0.2, 0.25) is 0 Å². The van der Waals surface area contributed by atoms with Crippen LogP contribution in [0.1, 0.15) is 21.7 Å². The number of likely N-dealkylation sites (tertiary alicyclic amines) is 1. The van der Waals surface area contributed by atoms with Gasteiger partial charge in [0, 0.05) is 25.4 Å². The molecule has 3 rings (SSSR count). The molecular weight excluding hydrogens is 341 g/mol. The monoisotopic (exact) mass is 356 g/mol. The van der Waals surface area contributed by atoms with Crippen molar-refractivity contribution in [2.75, 3.05) is 13.1 Å². The number of hydrogen-bond acceptors (Lipinski definition) is 4. The lowest BCUT2D eigenvalue weighted by atomic mass is 9.96. The van der Waals surface area contributed by atoms with Crippen LogP contribution in [-0.4, -0.2) is 55.7 Å². The van der Waals surface area contributed by atoms with Gasteiger partial charge in [0.05, 0.1) is 28.8 Å². The molecule has 7 nitrogen and oxygen atoms in total. The number of alkyl halides is 3. The molecule has 0 saturated carbocycles. The molecule has 10 heteroatoms. The number of aryl methyl sites for hydroxylation is 2. The summed E-state index contributed by atoms with van der Waals surface area (Å²) in [4.78, 5) is 28.8. The highest BCUT2D eigenvalue weighted by Crippen LogP contribution is 2.38. The SMILES string of the molecule is Cc1cc2ncc(C(=O)N3C[C@@H](C(F)(F)F)[C@H](C(=O)O)C3)c(C)n2n1. The minimum Gasteiger partial charge on any atom is -0.481 e. The molecule has 1 aliphatic heterocycles. The van der Waals surface area contributed by atoms with Crippen LogP contribution in [0.2, 0.25) is 0 Å². The Hall–Kier alpha value is -2.65. The third-order valence-electron chi connectivity index (χ3n) is 4.42. The third kappa shape index (κ3) is 2.92. The fraction of sp³-hybridized carbons (Fsp3) is 0.467. The number of amides is 1. The van der Waals surface area contributed by atoms with Gasteiger partial charge in [0.1, 0.15) is 0 Å². The summed E-state index contributed by atoms with van der Waals surface area (Å²) in [7, 11) is 0. The van der Waals surface area contributed by atoms with E-state index in [1.807, 2.05) is 0 Å². The second-order valence-electron chi connectivity index (χ2n) is 6.12. The number of carbonyl (C=O) groups excluding carboxylic acids is 1. The number of aliphatic carboxylic acids is 1. The highest BCUT2D eigenvalue weighted by atomic mass is 19.4. The van der Waals surface area contributed by atoms with Gasteiger partial charge in [-0.05, 0) is 13.8 Å². The highest BCUT2D eigenvalue weighted by Gasteiger charge is 2.53. The first-order chi connectivity index (χ1) is 11.6. The molecule has 25 heavy (non-hydrogen) atoms. The second kappa shape index (κ2) is 5.71. The van der Waals surface area contributed by atoms with Crippen LogP contribution >= 0.6 is 0 Å². The predicted molar refractivity (Wildman–Crippen MR) is 79.0 cm³/mol. The van der Waals surface area contributed by atoms with Gasteiger partial charge in [0.25, 0.3) is 5.91 Å². The number of aromatic nitrogens is 3. The quantitative estimate of drug-likeness (QED) is 0.885. The average molecular weight is 356 g/mol. The zero-order valence-corrected chi connectivity index (χ0v) is 13.4. The van der Waals surface area contributed by atoms with Crippen LogP contribution in [0.4, 0.5) is 13.2 Å². The van der Waals surface area contributed by atoms with Crippen molar-refractivity contribution in [1.82, 2.24) is 19.5 Å². The molecule has 0 unspecified atom stereocenters. The van der Waals surface area contributed by atoms with Crippen LogP contribution in [0.5, 0.6) is 0 Å². The van der Waals surface area contributed by atoms with Crippen molar-refractivity contribution in [3.8, 4) is 0 Å². The summed E-state index contributed by atoms with van der Waals surface area (Å²) in [5, 5.41) is 13.2. The standard InChI is InChI=1S/C15H15F3N4O3/c1-7-3-12-19-4-9(8(2)22(12)20-7)13(23)21-5-10(14(24)25)11(6-21)15(16,17)18/h3-4,10-11H,5-6H2,1-2H3,(H,24,25)/t10-,11-/m1/s1. The van der Waals surface area contributed by atoms with E-state index in [2.05, 4.69) is 10.1 Å². The molecule has 0 bridgehead atoms. The highest BCUT2D eigenvalue weighted by molar-refractivity contribution is 5.95. The molecule has 2 aromatic heterocycles. The Morgan fingerprint density at radius 3 is 2.52 bits per heavy atom. The molecule has 2 aromatic rings. The molecular formula is C15H15F3N4O3. The van der Waals surface area contributed by atoms with Crippen LogP contribution in [0.3, 0.4) is 0 Å². The molecule has 1 N–H and O–H groups in total. The number of fused-ring (bicyclic) bond motifs is 1. The molecule has 0 radical (unpaired) electrons. The largest absolute Gasteiger partial charge is 0.481 e. The smallest absolute Gasteiger partial charge is 0.394 e. The fourth-order valence-electron chi connectivity index (χ4n) is 3.09. The summed E-state index contributed by atoms with van der Waals surface area (Å²) < 4.78 is 40.7. The normalized spacial score (nSPS) is 21.1. The van der Waals surface area contributed by atoms with Crippen molar-refractivity contribution in [2.24, 2.45) is 11.8 Å². The molecule has 1 saturated heterocycles. The maximum absolute atomic E-state index is 13.1. The molecule has 1 aliphatic rings. The number of rotatable bonds is 2. The van der Waals surface area contributed by atoms with Crippen molar-refractivity contribution in [1.29, 1.82) is 0 Å². The summed E-state index contributed by atoms with van der Waals surface area (Å²) in [6.45, 7) is 2.19. The van der Waals surface area contributed by atoms with E-state index in [-0.39, 0.29) is 5.56 Å². The Balaban J connectivity index is 1.94. The van der Waals surface area contributed by atoms with Crippen LogP contribution in [-0.2, 0) is 4.79 Å². The Labute approximate surface area is 140 Å². The van der Waals surface area contributed by atoms with Crippen LogP contribution < -0.4 is 0 Å². The van der Waals surface area contributed by atoms with Crippen molar-refractivity contribution in [3.63, 3.8) is 0 Å². The topological polar surface area (TPSA) is 87.8 Å². The van der Waals surface area contributed by atoms with E-state index in [0.29, 0.717) is 17.0 Å². The maximum atomic E-state index is 13.1. The minimum atomic E-state index is -4.69. The average Bonchev–Trinajstić information content (AvgIpc) is 3.10. The van der Waals surface area contributed by atoms with E-state index in [4.69, 9.17) is 5.11 Å². The van der Waals surface area contributed by atoms with Gasteiger partial charge >= 0.3 is 12.1 Å². The van der Waals surface area contributed by atoms with E-state index >= 15 is 0 Å². The zero-order valence-electron chi connectivity index (χ0n) is 13.4. The number of carbonyl (C=O) groups is 2. The predicted octanol–water partition coefficient (Wildman–Crippen LogP) is 1.68. The van der Waals surface area contributed by atoms with Gasteiger partial charge in [-0.3, -0.25) is 9.59 Å². The molecule has 134 valence electrons. The first-order valence-corrected chi connectivity index (χ1v) is 7.50. The molecule has 2 atom stereocenters. The van der Waals surface area contributed by atoms with E-state index in [9.17, 15) is 22.8 Å². The van der Waals surface area contributed by atoms with Gasteiger partial charge in [-0.1, -0.05) is 0 Å². The zero-order chi connectivity index (χ0) is 18.5. The number of nitrogens with zero attached hydrogens (tertiary/aromatic N) is 4. The Morgan fingerprint density at radius 1 is 1.28 bits per heavy atom. The number of hydrogen-bond donors (Lipinski definition) is 1. The van der Waals surface area contributed by atoms with E-state index in [1.54, 1.807) is 19.9 Å². The molecule has 0 spiro atoms. The Bertz CT molecular complexity index is 862. The lowest BCUT2D eigenvalue weighted by Gasteiger charge is -2.19. The molecule has 1 fully saturated rings. The minimum absolute atomic E-state index is 0.0996. The lowest BCUT2D eigenvalue weighted by molar-refractivity contribution is -0.187. The summed E-state index contributed by atoms with van der Waals surface area (Å²) in [6, 6.07) is 1.71. The summed E-state index contributed by atoms with van der Waals surface area (Å²) in [5.74, 6) is -6.01. The van der Waals surface area contributed by atoms with Crippen LogP contribution in [0.25, 0.3) is 5.65 Å². The molecule has 0 aliphatic carbocycles. The van der Waals surface area contributed by atoms with Gasteiger partial charge in [0.15, 0.2) is 5.65 Å². The van der Waals surface area contributed by atoms with E-state index < -0.39 is 43.0 Å². The second-order valence-corrected chi connectivity index (χ2v) is 6.12. The van der Waals surface area contributed by atoms with Crippen LogP contribution in [0.15, 0.2) is 12.3 Å². The van der Waals surface area contributed by atoms with E-state index in [1.165, 1.54) is 10.7 Å². The van der Waals surface area contributed by atoms with Gasteiger partial charge < -0.3 is 10.0 Å². The van der Waals surface area contributed by atoms with Crippen molar-refractivity contribution >= 4 is 17.5 Å². The number of carboxylic acid groups (broad SMARTS) is 1. The number of halogens is 3. The maximum Gasteiger partial charge on any atom is 0.394 e. The summed E-state index contributed by atoms with van der Waals surface area (Å²) >= 11 is 0. The van der Waals surface area contributed by atoms with Crippen LogP contribution in [0, 0.1) is 25.7 Å². The summed E-state index contributed by atoms with van der Waals surface area (Å²) in [6.07, 6.45) is -3.40. The Kier molecular flexibility index (Phi) is 3.92. The third-order valence-corrected chi connectivity index (χ3v) is 4.42. The van der Waals surface area contributed by atoms with Crippen molar-refractivity contribution in [3.05, 3.63) is 29.2 Å². The summed E-state index contributed by atoms with van der Waals surface area (Å²) in [5.41, 5.74) is 1.74. The van der Waals surface area contributed by atoms with Crippen molar-refractivity contribution < 1.29 is 27.9 Å². The Morgan fingerprint density at radius 2 is 1.96 bits per heavy atom. The first-order valence-electron chi connectivity index (χ1n) is 7.50. The molecule has 1 amide bonds. The number of carboxylic acids is 1. The lowest BCUT2D eigenvalue weighted by Crippen LogP contribution is -2.34. The van der Waals surface area contributed by atoms with E-state index in [0.717, 1.165) is 4.90 Å². The van der Waals surface area contributed by atoms with Gasteiger partial charge in [-0.15, -0.1) is 0 Å². The fourth-order valence-corrected chi connectivity index (χ4v) is 3.09. The van der Waals surface area contributed by atoms with Crippen molar-refractivity contribution in [2.45, 2.75) is 20.0 Å². The van der Waals surface area contributed by atoms with Gasteiger partial charge in [-0.25, -0.2) is 9.50 Å². The molecule has 3 heterocycles. The molecule has 0 aromatic carbocycles.